The molecule has 17 heavy (non-hydrogen) atoms. The molecule has 2 rings (SSSR count). The van der Waals surface area contributed by atoms with Gasteiger partial charge in [0.1, 0.15) is 5.72 Å². The standard InChI is InChI=1S/C13H18N2OS/c1-9-4-6-11(7-5-9)15-12(17)14-8-10(2)13(15,3)16/h4-7,10,16H,8H2,1-3H3,(H,14,17). The molecule has 0 aromatic heterocycles. The average molecular weight is 250 g/mol. The maximum atomic E-state index is 10.6. The summed E-state index contributed by atoms with van der Waals surface area (Å²) in [7, 11) is 0. The Morgan fingerprint density at radius 2 is 2.00 bits per heavy atom. The summed E-state index contributed by atoms with van der Waals surface area (Å²) in [6.45, 7) is 6.56. The Labute approximate surface area is 107 Å². The third-order valence-electron chi connectivity index (χ3n) is 3.44. The maximum Gasteiger partial charge on any atom is 0.175 e. The molecule has 0 amide bonds. The van der Waals surface area contributed by atoms with Crippen molar-refractivity contribution in [2.75, 3.05) is 11.4 Å². The van der Waals surface area contributed by atoms with Crippen molar-refractivity contribution in [3.63, 3.8) is 0 Å². The number of aryl methyl sites for hydroxylation is 1. The normalized spacial score (nSPS) is 29.1. The largest absolute Gasteiger partial charge is 0.370 e. The minimum atomic E-state index is -0.947. The number of nitrogens with zero attached hydrogens (tertiary/aromatic N) is 1. The summed E-state index contributed by atoms with van der Waals surface area (Å²) in [4.78, 5) is 1.79. The Morgan fingerprint density at radius 3 is 2.59 bits per heavy atom. The molecule has 2 unspecified atom stereocenters. The van der Waals surface area contributed by atoms with E-state index in [0.717, 1.165) is 5.69 Å². The molecule has 4 heteroatoms. The fourth-order valence-corrected chi connectivity index (χ4v) is 2.38. The lowest BCUT2D eigenvalue weighted by atomic mass is 9.95. The van der Waals surface area contributed by atoms with Crippen LogP contribution in [0.15, 0.2) is 24.3 Å². The van der Waals surface area contributed by atoms with Crippen molar-refractivity contribution in [1.82, 2.24) is 5.32 Å². The zero-order chi connectivity index (χ0) is 12.6. The van der Waals surface area contributed by atoms with E-state index < -0.39 is 5.72 Å². The van der Waals surface area contributed by atoms with E-state index in [4.69, 9.17) is 12.2 Å². The predicted octanol–water partition coefficient (Wildman–Crippen LogP) is 2.03. The van der Waals surface area contributed by atoms with Crippen LogP contribution < -0.4 is 10.2 Å². The molecule has 0 aliphatic carbocycles. The van der Waals surface area contributed by atoms with Gasteiger partial charge in [-0.3, -0.25) is 4.90 Å². The minimum absolute atomic E-state index is 0.107. The van der Waals surface area contributed by atoms with Crippen LogP contribution in [-0.2, 0) is 0 Å². The monoisotopic (exact) mass is 250 g/mol. The SMILES string of the molecule is Cc1ccc(N2C(=S)NCC(C)C2(C)O)cc1. The molecule has 0 saturated carbocycles. The van der Waals surface area contributed by atoms with Gasteiger partial charge in [0.2, 0.25) is 0 Å². The van der Waals surface area contributed by atoms with Gasteiger partial charge in [0, 0.05) is 18.2 Å². The van der Waals surface area contributed by atoms with Crippen LogP contribution in [0.3, 0.4) is 0 Å². The van der Waals surface area contributed by atoms with Gasteiger partial charge in [0.05, 0.1) is 0 Å². The highest BCUT2D eigenvalue weighted by atomic mass is 32.1. The molecule has 1 aromatic carbocycles. The lowest BCUT2D eigenvalue weighted by Crippen LogP contribution is -2.64. The molecule has 0 radical (unpaired) electrons. The first-order valence-corrected chi connectivity index (χ1v) is 6.21. The molecule has 1 heterocycles. The lowest BCUT2D eigenvalue weighted by Gasteiger charge is -2.46. The highest BCUT2D eigenvalue weighted by Crippen LogP contribution is 2.31. The summed E-state index contributed by atoms with van der Waals surface area (Å²) in [5.74, 6) is 0.107. The summed E-state index contributed by atoms with van der Waals surface area (Å²) in [5, 5.41) is 14.3. The van der Waals surface area contributed by atoms with Crippen LogP contribution in [0.5, 0.6) is 0 Å². The Hall–Kier alpha value is -1.13. The van der Waals surface area contributed by atoms with Crippen molar-refractivity contribution in [3.05, 3.63) is 29.8 Å². The van der Waals surface area contributed by atoms with Gasteiger partial charge in [-0.1, -0.05) is 24.6 Å². The molecule has 3 nitrogen and oxygen atoms in total. The zero-order valence-electron chi connectivity index (χ0n) is 10.4. The summed E-state index contributed by atoms with van der Waals surface area (Å²) in [6, 6.07) is 8.01. The minimum Gasteiger partial charge on any atom is -0.370 e. The number of hydrogen-bond donors (Lipinski definition) is 2. The fourth-order valence-electron chi connectivity index (χ4n) is 2.01. The number of nitrogens with one attached hydrogen (secondary N) is 1. The molecule has 2 N–H and O–H groups in total. The predicted molar refractivity (Wildman–Crippen MR) is 74.0 cm³/mol. The molecule has 1 saturated heterocycles. The van der Waals surface area contributed by atoms with E-state index in [9.17, 15) is 5.11 Å². The second kappa shape index (κ2) is 4.27. The topological polar surface area (TPSA) is 35.5 Å². The quantitative estimate of drug-likeness (QED) is 0.748. The van der Waals surface area contributed by atoms with Crippen molar-refractivity contribution < 1.29 is 5.11 Å². The first-order chi connectivity index (χ1) is 7.93. The maximum absolute atomic E-state index is 10.6. The van der Waals surface area contributed by atoms with E-state index in [2.05, 4.69) is 5.32 Å². The number of anilines is 1. The van der Waals surface area contributed by atoms with Crippen molar-refractivity contribution in [2.24, 2.45) is 5.92 Å². The van der Waals surface area contributed by atoms with E-state index in [1.165, 1.54) is 5.56 Å². The van der Waals surface area contributed by atoms with Gasteiger partial charge in [-0.2, -0.15) is 0 Å². The van der Waals surface area contributed by atoms with Gasteiger partial charge in [0.15, 0.2) is 5.11 Å². The van der Waals surface area contributed by atoms with E-state index >= 15 is 0 Å². The smallest absolute Gasteiger partial charge is 0.175 e. The van der Waals surface area contributed by atoms with E-state index in [1.54, 1.807) is 4.90 Å². The molecule has 1 aliphatic rings. The Bertz CT molecular complexity index is 428. The number of benzene rings is 1. The molecule has 0 bridgehead atoms. The van der Waals surface area contributed by atoms with Gasteiger partial charge in [-0.05, 0) is 38.2 Å². The van der Waals surface area contributed by atoms with Crippen LogP contribution >= 0.6 is 12.2 Å². The molecule has 92 valence electrons. The second-order valence-corrected chi connectivity index (χ2v) is 5.24. The van der Waals surface area contributed by atoms with Crippen molar-refractivity contribution in [1.29, 1.82) is 0 Å². The van der Waals surface area contributed by atoms with Crippen LogP contribution in [0, 0.1) is 12.8 Å². The van der Waals surface area contributed by atoms with Gasteiger partial charge in [-0.15, -0.1) is 0 Å². The third kappa shape index (κ3) is 2.15. The number of thiocarbonyl (C=S) groups is 1. The van der Waals surface area contributed by atoms with E-state index in [1.807, 2.05) is 45.0 Å². The van der Waals surface area contributed by atoms with Crippen LogP contribution in [0.25, 0.3) is 0 Å². The Kier molecular flexibility index (Phi) is 3.10. The lowest BCUT2D eigenvalue weighted by molar-refractivity contribution is 0.0100. The number of rotatable bonds is 1. The van der Waals surface area contributed by atoms with Crippen molar-refractivity contribution in [3.8, 4) is 0 Å². The van der Waals surface area contributed by atoms with Crippen molar-refractivity contribution in [2.45, 2.75) is 26.5 Å². The summed E-state index contributed by atoms with van der Waals surface area (Å²) >= 11 is 5.30. The van der Waals surface area contributed by atoms with Crippen molar-refractivity contribution >= 4 is 23.0 Å². The van der Waals surface area contributed by atoms with Gasteiger partial charge >= 0.3 is 0 Å². The van der Waals surface area contributed by atoms with Crippen LogP contribution in [-0.4, -0.2) is 22.5 Å². The van der Waals surface area contributed by atoms with Gasteiger partial charge < -0.3 is 10.4 Å². The molecule has 1 aliphatic heterocycles. The summed E-state index contributed by atoms with van der Waals surface area (Å²) in [5.41, 5.74) is 1.17. The highest BCUT2D eigenvalue weighted by Gasteiger charge is 2.41. The summed E-state index contributed by atoms with van der Waals surface area (Å²) in [6.07, 6.45) is 0. The van der Waals surface area contributed by atoms with Gasteiger partial charge in [-0.25, -0.2) is 0 Å². The van der Waals surface area contributed by atoms with E-state index in [-0.39, 0.29) is 5.92 Å². The average Bonchev–Trinajstić information content (AvgIpc) is 2.27. The molecule has 1 fully saturated rings. The molecule has 1 aromatic rings. The molecular weight excluding hydrogens is 232 g/mol. The molecular formula is C13H18N2OS. The Balaban J connectivity index is 2.40. The fraction of sp³-hybridized carbons (Fsp3) is 0.462. The van der Waals surface area contributed by atoms with Gasteiger partial charge in [0.25, 0.3) is 0 Å². The third-order valence-corrected chi connectivity index (χ3v) is 3.77. The number of aliphatic hydroxyl groups is 1. The second-order valence-electron chi connectivity index (χ2n) is 4.85. The zero-order valence-corrected chi connectivity index (χ0v) is 11.2. The molecule has 2 atom stereocenters. The first kappa shape index (κ1) is 12.3. The van der Waals surface area contributed by atoms with Crippen LogP contribution in [0.2, 0.25) is 0 Å². The summed E-state index contributed by atoms with van der Waals surface area (Å²) < 4.78 is 0. The molecule has 0 spiro atoms. The highest BCUT2D eigenvalue weighted by molar-refractivity contribution is 7.80. The van der Waals surface area contributed by atoms with Crippen LogP contribution in [0.4, 0.5) is 5.69 Å². The number of hydrogen-bond acceptors (Lipinski definition) is 2. The first-order valence-electron chi connectivity index (χ1n) is 5.80. The van der Waals surface area contributed by atoms with Crippen LogP contribution in [0.1, 0.15) is 19.4 Å². The Morgan fingerprint density at radius 1 is 1.41 bits per heavy atom. The van der Waals surface area contributed by atoms with E-state index in [0.29, 0.717) is 11.7 Å².